The zero-order valence-electron chi connectivity index (χ0n) is 18.3. The summed E-state index contributed by atoms with van der Waals surface area (Å²) in [6.07, 6.45) is 2.22. The van der Waals surface area contributed by atoms with Crippen LogP contribution in [0.5, 0.6) is 5.75 Å². The van der Waals surface area contributed by atoms with Gasteiger partial charge in [0.15, 0.2) is 0 Å². The van der Waals surface area contributed by atoms with E-state index < -0.39 is 0 Å². The molecule has 1 saturated carbocycles. The van der Waals surface area contributed by atoms with Crippen LogP contribution in [-0.4, -0.2) is 41.3 Å². The minimum atomic E-state index is -0.0165. The van der Waals surface area contributed by atoms with Gasteiger partial charge in [-0.3, -0.25) is 9.59 Å². The van der Waals surface area contributed by atoms with Crippen LogP contribution in [-0.2, 0) is 29.1 Å². The van der Waals surface area contributed by atoms with E-state index in [-0.39, 0.29) is 30.8 Å². The number of rotatable bonds is 10. The van der Waals surface area contributed by atoms with Gasteiger partial charge in [0.05, 0.1) is 20.1 Å². The smallest absolute Gasteiger partial charge is 0.242 e. The number of carbonyl (C=O) groups excluding carboxylic acids is 2. The number of hydrogen-bond acceptors (Lipinski definition) is 4. The van der Waals surface area contributed by atoms with Crippen LogP contribution in [0.15, 0.2) is 72.1 Å². The van der Waals surface area contributed by atoms with Crippen molar-refractivity contribution in [1.82, 2.24) is 9.80 Å². The predicted octanol–water partition coefficient (Wildman–Crippen LogP) is 4.52. The summed E-state index contributed by atoms with van der Waals surface area (Å²) in [7, 11) is 1.62. The Morgan fingerprint density at radius 1 is 0.906 bits per heavy atom. The number of hydrogen-bond donors (Lipinski definition) is 0. The molecule has 0 radical (unpaired) electrons. The fourth-order valence-electron chi connectivity index (χ4n) is 3.70. The number of ether oxygens (including phenoxy) is 1. The Labute approximate surface area is 193 Å². The molecule has 0 saturated heterocycles. The van der Waals surface area contributed by atoms with Gasteiger partial charge >= 0.3 is 0 Å². The first-order valence-corrected chi connectivity index (χ1v) is 11.8. The molecule has 0 atom stereocenters. The second-order valence-corrected chi connectivity index (χ2v) is 9.12. The highest BCUT2D eigenvalue weighted by Crippen LogP contribution is 2.28. The fraction of sp³-hybridized carbons (Fsp3) is 0.308. The van der Waals surface area contributed by atoms with Crippen molar-refractivity contribution in [2.75, 3.05) is 13.7 Å². The molecule has 2 amide bonds. The van der Waals surface area contributed by atoms with Crippen LogP contribution in [0.1, 0.15) is 28.8 Å². The average molecular weight is 449 g/mol. The standard InChI is InChI=1S/C26H28N2O3S/c1-31-23-13-9-20(10-14-23)16-25(29)28(22-11-12-22)19-26(30)27(18-24-8-5-15-32-24)17-21-6-3-2-4-7-21/h2-10,13-15,22H,11-12,16-19H2,1H3. The van der Waals surface area contributed by atoms with E-state index in [1.807, 2.05) is 77.0 Å². The molecule has 0 bridgehead atoms. The molecular formula is C26H28N2O3S. The number of nitrogens with zero attached hydrogens (tertiary/aromatic N) is 2. The Kier molecular flexibility index (Phi) is 7.22. The zero-order valence-corrected chi connectivity index (χ0v) is 19.1. The number of carbonyl (C=O) groups is 2. The number of thiophene rings is 1. The Bertz CT molecular complexity index is 1010. The molecule has 1 fully saturated rings. The van der Waals surface area contributed by atoms with Crippen molar-refractivity contribution in [3.8, 4) is 5.75 Å². The van der Waals surface area contributed by atoms with Crippen LogP contribution in [0.4, 0.5) is 0 Å². The van der Waals surface area contributed by atoms with Gasteiger partial charge in [0.2, 0.25) is 11.8 Å². The van der Waals surface area contributed by atoms with Crippen LogP contribution in [0.25, 0.3) is 0 Å². The third kappa shape index (κ3) is 5.98. The van der Waals surface area contributed by atoms with Gasteiger partial charge in [-0.1, -0.05) is 48.5 Å². The highest BCUT2D eigenvalue weighted by molar-refractivity contribution is 7.09. The molecule has 0 spiro atoms. The predicted molar refractivity (Wildman–Crippen MR) is 126 cm³/mol. The second-order valence-electron chi connectivity index (χ2n) is 8.09. The maximum absolute atomic E-state index is 13.4. The van der Waals surface area contributed by atoms with Gasteiger partial charge in [0, 0.05) is 17.5 Å². The summed E-state index contributed by atoms with van der Waals surface area (Å²) in [6, 6.07) is 21.7. The van der Waals surface area contributed by atoms with Crippen molar-refractivity contribution in [1.29, 1.82) is 0 Å². The van der Waals surface area contributed by atoms with Gasteiger partial charge < -0.3 is 14.5 Å². The Morgan fingerprint density at radius 3 is 2.28 bits per heavy atom. The lowest BCUT2D eigenvalue weighted by molar-refractivity contribution is -0.141. The SMILES string of the molecule is COc1ccc(CC(=O)N(CC(=O)N(Cc2ccccc2)Cc2cccs2)C2CC2)cc1. The number of amides is 2. The van der Waals surface area contributed by atoms with Crippen LogP contribution >= 0.6 is 11.3 Å². The second kappa shape index (κ2) is 10.5. The molecule has 4 rings (SSSR count). The van der Waals surface area contributed by atoms with Crippen LogP contribution in [0.3, 0.4) is 0 Å². The number of methoxy groups -OCH3 is 1. The molecule has 2 aromatic carbocycles. The molecular weight excluding hydrogens is 420 g/mol. The average Bonchev–Trinajstić information content (AvgIpc) is 3.53. The summed E-state index contributed by atoms with van der Waals surface area (Å²) >= 11 is 1.64. The Balaban J connectivity index is 1.45. The molecule has 1 aliphatic rings. The summed E-state index contributed by atoms with van der Waals surface area (Å²) in [5.41, 5.74) is 2.01. The van der Waals surface area contributed by atoms with E-state index in [0.29, 0.717) is 13.1 Å². The van der Waals surface area contributed by atoms with Crippen molar-refractivity contribution >= 4 is 23.2 Å². The van der Waals surface area contributed by atoms with Crippen molar-refractivity contribution in [3.05, 3.63) is 88.1 Å². The van der Waals surface area contributed by atoms with Crippen molar-refractivity contribution < 1.29 is 14.3 Å². The van der Waals surface area contributed by atoms with E-state index in [1.165, 1.54) is 0 Å². The first kappa shape index (κ1) is 22.1. The molecule has 32 heavy (non-hydrogen) atoms. The lowest BCUT2D eigenvalue weighted by Crippen LogP contribution is -2.44. The minimum Gasteiger partial charge on any atom is -0.497 e. The molecule has 0 aliphatic heterocycles. The number of benzene rings is 2. The summed E-state index contributed by atoms with van der Waals surface area (Å²) < 4.78 is 5.20. The molecule has 1 heterocycles. The van der Waals surface area contributed by atoms with E-state index in [1.54, 1.807) is 23.3 Å². The molecule has 3 aromatic rings. The Morgan fingerprint density at radius 2 is 1.66 bits per heavy atom. The van der Waals surface area contributed by atoms with Crippen molar-refractivity contribution in [3.63, 3.8) is 0 Å². The monoisotopic (exact) mass is 448 g/mol. The normalized spacial score (nSPS) is 12.9. The van der Waals surface area contributed by atoms with Crippen molar-refractivity contribution in [2.24, 2.45) is 0 Å². The summed E-state index contributed by atoms with van der Waals surface area (Å²) in [6.45, 7) is 1.21. The third-order valence-electron chi connectivity index (χ3n) is 5.62. The highest BCUT2D eigenvalue weighted by Gasteiger charge is 2.34. The molecule has 166 valence electrons. The zero-order chi connectivity index (χ0) is 22.3. The summed E-state index contributed by atoms with van der Waals surface area (Å²) in [4.78, 5) is 31.3. The third-order valence-corrected chi connectivity index (χ3v) is 6.48. The van der Waals surface area contributed by atoms with Gasteiger partial charge in [-0.05, 0) is 47.5 Å². The molecule has 1 aliphatic carbocycles. The Hall–Kier alpha value is -3.12. The summed E-state index contributed by atoms with van der Waals surface area (Å²) in [5, 5.41) is 2.02. The van der Waals surface area contributed by atoms with Gasteiger partial charge in [-0.25, -0.2) is 0 Å². The summed E-state index contributed by atoms with van der Waals surface area (Å²) in [5.74, 6) is 0.750. The molecule has 0 N–H and O–H groups in total. The largest absolute Gasteiger partial charge is 0.497 e. The van der Waals surface area contributed by atoms with Crippen LogP contribution in [0.2, 0.25) is 0 Å². The minimum absolute atomic E-state index is 0.00167. The van der Waals surface area contributed by atoms with Gasteiger partial charge in [0.1, 0.15) is 12.3 Å². The maximum Gasteiger partial charge on any atom is 0.242 e. The topological polar surface area (TPSA) is 49.9 Å². The van der Waals surface area contributed by atoms with Gasteiger partial charge in [0.25, 0.3) is 0 Å². The highest BCUT2D eigenvalue weighted by atomic mass is 32.1. The van der Waals surface area contributed by atoms with E-state index in [0.717, 1.165) is 34.6 Å². The maximum atomic E-state index is 13.4. The van der Waals surface area contributed by atoms with Crippen LogP contribution in [0, 0.1) is 0 Å². The van der Waals surface area contributed by atoms with Gasteiger partial charge in [-0.2, -0.15) is 0 Å². The first-order valence-electron chi connectivity index (χ1n) is 10.9. The van der Waals surface area contributed by atoms with Crippen molar-refractivity contribution in [2.45, 2.75) is 38.4 Å². The van der Waals surface area contributed by atoms with Crippen LogP contribution < -0.4 is 4.74 Å². The lowest BCUT2D eigenvalue weighted by Gasteiger charge is -2.28. The lowest BCUT2D eigenvalue weighted by atomic mass is 10.1. The molecule has 1 aromatic heterocycles. The first-order chi connectivity index (χ1) is 15.6. The molecule has 6 heteroatoms. The van der Waals surface area contributed by atoms with Gasteiger partial charge in [-0.15, -0.1) is 11.3 Å². The van der Waals surface area contributed by atoms with E-state index >= 15 is 0 Å². The van der Waals surface area contributed by atoms with E-state index in [9.17, 15) is 9.59 Å². The van der Waals surface area contributed by atoms with E-state index in [2.05, 4.69) is 0 Å². The molecule has 0 unspecified atom stereocenters. The molecule has 5 nitrogen and oxygen atoms in total. The fourth-order valence-corrected chi connectivity index (χ4v) is 4.42. The quantitative estimate of drug-likeness (QED) is 0.458. The van der Waals surface area contributed by atoms with E-state index in [4.69, 9.17) is 4.74 Å².